The third kappa shape index (κ3) is 6.10. The number of aromatic nitrogens is 1. The normalized spacial score (nSPS) is 14.6. The van der Waals surface area contributed by atoms with Crippen LogP contribution in [0.25, 0.3) is 0 Å². The maximum Gasteiger partial charge on any atom is 0.407 e. The monoisotopic (exact) mass is 392 g/mol. The molecule has 0 saturated heterocycles. The van der Waals surface area contributed by atoms with Crippen LogP contribution in [0.4, 0.5) is 4.79 Å². The van der Waals surface area contributed by atoms with Gasteiger partial charge < -0.3 is 15.2 Å². The summed E-state index contributed by atoms with van der Waals surface area (Å²) in [5.74, 6) is -0.00626. The van der Waals surface area contributed by atoms with E-state index in [0.29, 0.717) is 10.2 Å². The van der Waals surface area contributed by atoms with E-state index in [9.17, 15) is 9.90 Å². The van der Waals surface area contributed by atoms with Crippen molar-refractivity contribution < 1.29 is 14.6 Å². The number of hydrogen-bond acceptors (Lipinski definition) is 4. The van der Waals surface area contributed by atoms with Crippen molar-refractivity contribution in [1.29, 1.82) is 0 Å². The minimum Gasteiger partial charge on any atom is -0.444 e. The number of carbonyl (C=O) groups is 1. The first-order valence-electron chi connectivity index (χ1n) is 7.00. The molecule has 0 aliphatic heterocycles. The van der Waals surface area contributed by atoms with Gasteiger partial charge in [0, 0.05) is 0 Å². The predicted molar refractivity (Wildman–Crippen MR) is 89.9 cm³/mol. The second kappa shape index (κ2) is 7.62. The molecular weight excluding hydrogens is 372 g/mol. The molecule has 0 spiro atoms. The van der Waals surface area contributed by atoms with Gasteiger partial charge in [0.1, 0.15) is 15.4 Å². The van der Waals surface area contributed by atoms with Crippen molar-refractivity contribution in [2.75, 3.05) is 0 Å². The van der Waals surface area contributed by atoms with E-state index in [4.69, 9.17) is 16.3 Å². The maximum atomic E-state index is 12.0. The van der Waals surface area contributed by atoms with Gasteiger partial charge in [0.25, 0.3) is 0 Å². The van der Waals surface area contributed by atoms with Gasteiger partial charge in [-0.3, -0.25) is 0 Å². The van der Waals surface area contributed by atoms with Crippen molar-refractivity contribution in [2.24, 2.45) is 5.92 Å². The zero-order chi connectivity index (χ0) is 17.1. The molecule has 1 aromatic heterocycles. The van der Waals surface area contributed by atoms with Crippen LogP contribution in [0.5, 0.6) is 0 Å². The number of nitrogens with zero attached hydrogens (tertiary/aromatic N) is 1. The average Bonchev–Trinajstić information content (AvgIpc) is 2.31. The Hall–Kier alpha value is -0.850. The Balaban J connectivity index is 2.92. The molecule has 2 atom stereocenters. The van der Waals surface area contributed by atoms with Crippen LogP contribution >= 0.6 is 27.5 Å². The molecule has 2 N–H and O–H groups in total. The molecule has 124 valence electrons. The number of amides is 1. The lowest BCUT2D eigenvalue weighted by atomic mass is 9.94. The van der Waals surface area contributed by atoms with Gasteiger partial charge in [-0.2, -0.15) is 0 Å². The number of nitrogens with one attached hydrogen (secondary N) is 1. The van der Waals surface area contributed by atoms with Gasteiger partial charge in [0.15, 0.2) is 0 Å². The fraction of sp³-hybridized carbons (Fsp3) is 0.600. The fourth-order valence-corrected chi connectivity index (χ4v) is 2.69. The van der Waals surface area contributed by atoms with Crippen molar-refractivity contribution in [3.8, 4) is 0 Å². The lowest BCUT2D eigenvalue weighted by Crippen LogP contribution is -2.45. The molecule has 2 unspecified atom stereocenters. The van der Waals surface area contributed by atoms with Gasteiger partial charge in [-0.1, -0.05) is 25.4 Å². The number of carbonyl (C=O) groups excluding carboxylic acids is 1. The van der Waals surface area contributed by atoms with Crippen molar-refractivity contribution in [1.82, 2.24) is 10.3 Å². The van der Waals surface area contributed by atoms with Crippen LogP contribution < -0.4 is 5.32 Å². The van der Waals surface area contributed by atoms with Crippen LogP contribution in [-0.4, -0.2) is 27.8 Å². The van der Waals surface area contributed by atoms with Gasteiger partial charge in [0.2, 0.25) is 0 Å². The predicted octanol–water partition coefficient (Wildman–Crippen LogP) is 4.08. The zero-order valence-corrected chi connectivity index (χ0v) is 15.7. The molecule has 7 heteroatoms. The molecule has 0 aliphatic rings. The van der Waals surface area contributed by atoms with E-state index >= 15 is 0 Å². The molecule has 5 nitrogen and oxygen atoms in total. The molecule has 0 fully saturated rings. The third-order valence-electron chi connectivity index (χ3n) is 2.87. The van der Waals surface area contributed by atoms with Gasteiger partial charge in [0.05, 0.1) is 12.1 Å². The first-order chi connectivity index (χ1) is 9.99. The summed E-state index contributed by atoms with van der Waals surface area (Å²) in [6.07, 6.45) is -1.49. The summed E-state index contributed by atoms with van der Waals surface area (Å²) in [5, 5.41) is 13.6. The van der Waals surface area contributed by atoms with Crippen LogP contribution in [0.1, 0.15) is 46.3 Å². The second-order valence-corrected chi connectivity index (χ2v) is 7.61. The number of aliphatic hydroxyl groups is 1. The van der Waals surface area contributed by atoms with Gasteiger partial charge in [-0.25, -0.2) is 9.78 Å². The summed E-state index contributed by atoms with van der Waals surface area (Å²) in [5.41, 5.74) is -0.0267. The summed E-state index contributed by atoms with van der Waals surface area (Å²) in [6, 6.07) is 2.73. The highest BCUT2D eigenvalue weighted by molar-refractivity contribution is 9.10. The first kappa shape index (κ1) is 19.2. The molecule has 0 saturated carbocycles. The van der Waals surface area contributed by atoms with E-state index in [1.807, 2.05) is 13.8 Å². The van der Waals surface area contributed by atoms with Crippen molar-refractivity contribution in [3.63, 3.8) is 0 Å². The molecule has 0 bridgehead atoms. The number of hydrogen-bond donors (Lipinski definition) is 2. The highest BCUT2D eigenvalue weighted by Gasteiger charge is 2.28. The zero-order valence-electron chi connectivity index (χ0n) is 13.4. The molecule has 22 heavy (non-hydrogen) atoms. The topological polar surface area (TPSA) is 71.5 Å². The number of aliphatic hydroxyl groups excluding tert-OH is 1. The smallest absolute Gasteiger partial charge is 0.407 e. The summed E-state index contributed by atoms with van der Waals surface area (Å²) in [4.78, 5) is 15.9. The number of halogens is 2. The second-order valence-electron chi connectivity index (χ2n) is 6.41. The first-order valence-corrected chi connectivity index (χ1v) is 8.17. The van der Waals surface area contributed by atoms with Crippen molar-refractivity contribution in [3.05, 3.63) is 27.5 Å². The van der Waals surface area contributed by atoms with E-state index in [0.717, 1.165) is 0 Å². The summed E-state index contributed by atoms with van der Waals surface area (Å²) < 4.78 is 5.77. The van der Waals surface area contributed by atoms with Crippen LogP contribution in [-0.2, 0) is 4.74 Å². The Labute approximate surface area is 144 Å². The molecule has 1 heterocycles. The van der Waals surface area contributed by atoms with E-state index in [1.54, 1.807) is 32.9 Å². The number of alkyl carbamates (subject to hydrolysis) is 1. The Morgan fingerprint density at radius 3 is 2.45 bits per heavy atom. The Kier molecular flexibility index (Phi) is 6.65. The average molecular weight is 394 g/mol. The van der Waals surface area contributed by atoms with Gasteiger partial charge in [-0.15, -0.1) is 0 Å². The van der Waals surface area contributed by atoms with Crippen LogP contribution in [0.15, 0.2) is 16.7 Å². The Bertz CT molecular complexity index is 512. The molecule has 0 aromatic carbocycles. The summed E-state index contributed by atoms with van der Waals surface area (Å²) in [7, 11) is 0. The van der Waals surface area contributed by atoms with Gasteiger partial charge >= 0.3 is 6.09 Å². The minimum atomic E-state index is -0.927. The number of rotatable bonds is 4. The lowest BCUT2D eigenvalue weighted by Gasteiger charge is -2.29. The van der Waals surface area contributed by atoms with Crippen molar-refractivity contribution in [2.45, 2.75) is 52.4 Å². The third-order valence-corrected chi connectivity index (χ3v) is 3.47. The molecular formula is C15H22BrClN2O3. The maximum absolute atomic E-state index is 12.0. The quantitative estimate of drug-likeness (QED) is 0.756. The fourth-order valence-electron chi connectivity index (χ4n) is 1.92. The molecule has 1 rings (SSSR count). The van der Waals surface area contributed by atoms with E-state index in [1.165, 1.54) is 0 Å². The Morgan fingerprint density at radius 2 is 2.00 bits per heavy atom. The summed E-state index contributed by atoms with van der Waals surface area (Å²) in [6.45, 7) is 9.17. The summed E-state index contributed by atoms with van der Waals surface area (Å²) >= 11 is 9.15. The van der Waals surface area contributed by atoms with E-state index in [2.05, 4.69) is 26.2 Å². The van der Waals surface area contributed by atoms with Crippen molar-refractivity contribution >= 4 is 33.6 Å². The van der Waals surface area contributed by atoms with Crippen LogP contribution in [0.2, 0.25) is 5.15 Å². The van der Waals surface area contributed by atoms with E-state index < -0.39 is 23.8 Å². The molecule has 1 aromatic rings. The van der Waals surface area contributed by atoms with E-state index in [-0.39, 0.29) is 11.1 Å². The highest BCUT2D eigenvalue weighted by atomic mass is 79.9. The van der Waals surface area contributed by atoms with Crippen LogP contribution in [0, 0.1) is 5.92 Å². The standard InChI is InChI=1S/C15H22BrClN2O3/c1-8(2)12(19-14(21)22-15(3,4)5)13(20)9-6-10(16)18-11(17)7-9/h6-8,12-13,20H,1-5H3,(H,19,21). The van der Waals surface area contributed by atoms with Gasteiger partial charge in [-0.05, 0) is 60.3 Å². The molecule has 0 aliphatic carbocycles. The number of ether oxygens (including phenoxy) is 1. The highest BCUT2D eigenvalue weighted by Crippen LogP contribution is 2.26. The largest absolute Gasteiger partial charge is 0.444 e. The SMILES string of the molecule is CC(C)C(NC(=O)OC(C)(C)C)C(O)c1cc(Cl)nc(Br)c1. The molecule has 1 amide bonds. The molecule has 0 radical (unpaired) electrons. The lowest BCUT2D eigenvalue weighted by molar-refractivity contribution is 0.0373. The number of pyridine rings is 1. The Morgan fingerprint density at radius 1 is 1.41 bits per heavy atom. The van der Waals surface area contributed by atoms with Crippen LogP contribution in [0.3, 0.4) is 0 Å². The minimum absolute atomic E-state index is 0.00626.